The average molecular weight is 301 g/mol. The first-order valence-electron chi connectivity index (χ1n) is 5.43. The first-order chi connectivity index (χ1) is 8.38. The number of aromatic nitrogens is 1. The molecule has 1 aromatic rings. The van der Waals surface area contributed by atoms with E-state index in [1.54, 1.807) is 0 Å². The number of pyridine rings is 1. The summed E-state index contributed by atoms with van der Waals surface area (Å²) in [7, 11) is 0. The quantitative estimate of drug-likeness (QED) is 0.806. The molecule has 0 aliphatic heterocycles. The van der Waals surface area contributed by atoms with Gasteiger partial charge in [0.15, 0.2) is 0 Å². The van der Waals surface area contributed by atoms with Gasteiger partial charge in [-0.1, -0.05) is 18.5 Å². The first kappa shape index (κ1) is 15.4. The summed E-state index contributed by atoms with van der Waals surface area (Å²) in [5.74, 6) is 0.714. The lowest BCUT2D eigenvalue weighted by Gasteiger charge is -2.17. The second-order valence-corrected chi connectivity index (χ2v) is 4.56. The molecule has 0 radical (unpaired) electrons. The minimum absolute atomic E-state index is 0.0437. The Morgan fingerprint density at radius 1 is 1.44 bits per heavy atom. The molecule has 0 amide bonds. The van der Waals surface area contributed by atoms with Gasteiger partial charge in [-0.25, -0.2) is 4.98 Å². The molecule has 0 aliphatic rings. The molecule has 0 bridgehead atoms. The van der Waals surface area contributed by atoms with Crippen LogP contribution in [0.3, 0.4) is 0 Å². The van der Waals surface area contributed by atoms with E-state index in [-0.39, 0.29) is 16.9 Å². The molecule has 0 fully saturated rings. The Morgan fingerprint density at radius 3 is 2.56 bits per heavy atom. The van der Waals surface area contributed by atoms with Gasteiger partial charge >= 0.3 is 6.18 Å². The smallest absolute Gasteiger partial charge is 0.366 e. The highest BCUT2D eigenvalue weighted by molar-refractivity contribution is 6.33. The van der Waals surface area contributed by atoms with E-state index in [0.717, 1.165) is 18.7 Å². The third-order valence-electron chi connectivity index (χ3n) is 2.46. The lowest BCUT2D eigenvalue weighted by atomic mass is 10.1. The van der Waals surface area contributed by atoms with Gasteiger partial charge in [0.25, 0.3) is 0 Å². The van der Waals surface area contributed by atoms with Gasteiger partial charge < -0.3 is 5.32 Å². The molecule has 18 heavy (non-hydrogen) atoms. The van der Waals surface area contributed by atoms with Crippen molar-refractivity contribution in [2.45, 2.75) is 32.0 Å². The molecule has 1 aromatic heterocycles. The Balaban J connectivity index is 2.85. The van der Waals surface area contributed by atoms with E-state index >= 15 is 0 Å². The van der Waals surface area contributed by atoms with Crippen molar-refractivity contribution in [3.63, 3.8) is 0 Å². The topological polar surface area (TPSA) is 24.9 Å². The van der Waals surface area contributed by atoms with Crippen LogP contribution in [0.2, 0.25) is 5.02 Å². The normalized spacial score (nSPS) is 13.4. The van der Waals surface area contributed by atoms with E-state index in [0.29, 0.717) is 12.3 Å². The van der Waals surface area contributed by atoms with Crippen LogP contribution in [0.25, 0.3) is 0 Å². The van der Waals surface area contributed by atoms with Crippen LogP contribution in [-0.2, 0) is 6.18 Å². The van der Waals surface area contributed by atoms with Crippen molar-refractivity contribution < 1.29 is 13.2 Å². The molecular formula is C11H13Cl2F3N2. The van der Waals surface area contributed by atoms with Crippen LogP contribution in [0, 0.1) is 0 Å². The van der Waals surface area contributed by atoms with Crippen LogP contribution >= 0.6 is 23.2 Å². The number of hydrogen-bond donors (Lipinski definition) is 1. The molecule has 1 unspecified atom stereocenters. The maximum atomic E-state index is 12.4. The van der Waals surface area contributed by atoms with Crippen LogP contribution < -0.4 is 5.32 Å². The van der Waals surface area contributed by atoms with Crippen molar-refractivity contribution in [1.29, 1.82) is 0 Å². The predicted molar refractivity (Wildman–Crippen MR) is 67.3 cm³/mol. The van der Waals surface area contributed by atoms with Crippen molar-refractivity contribution in [1.82, 2.24) is 4.98 Å². The number of hydrogen-bond acceptors (Lipinski definition) is 2. The Bertz CT molecular complexity index is 396. The third kappa shape index (κ3) is 4.21. The van der Waals surface area contributed by atoms with Crippen LogP contribution in [-0.4, -0.2) is 16.9 Å². The molecule has 2 nitrogen and oxygen atoms in total. The van der Waals surface area contributed by atoms with Gasteiger partial charge in [-0.2, -0.15) is 13.2 Å². The monoisotopic (exact) mass is 300 g/mol. The molecule has 1 atom stereocenters. The number of nitrogens with one attached hydrogen (secondary N) is 1. The fourth-order valence-corrected chi connectivity index (χ4v) is 1.89. The molecule has 0 spiro atoms. The number of rotatable bonds is 5. The minimum Gasteiger partial charge on any atom is -0.366 e. The van der Waals surface area contributed by atoms with Gasteiger partial charge in [-0.3, -0.25) is 0 Å². The van der Waals surface area contributed by atoms with Gasteiger partial charge in [0.05, 0.1) is 10.6 Å². The summed E-state index contributed by atoms with van der Waals surface area (Å²) in [6.45, 7) is 1.95. The molecule has 1 N–H and O–H groups in total. The zero-order valence-electron chi connectivity index (χ0n) is 9.69. The molecule has 1 heterocycles. The van der Waals surface area contributed by atoms with Gasteiger partial charge in [0, 0.05) is 18.1 Å². The zero-order chi connectivity index (χ0) is 13.8. The maximum absolute atomic E-state index is 12.4. The number of nitrogens with zero attached hydrogens (tertiary/aromatic N) is 1. The fraction of sp³-hybridized carbons (Fsp3) is 0.545. The molecule has 102 valence electrons. The Kier molecular flexibility index (Phi) is 5.53. The molecule has 0 saturated carbocycles. The number of anilines is 1. The van der Waals surface area contributed by atoms with E-state index in [2.05, 4.69) is 10.3 Å². The van der Waals surface area contributed by atoms with E-state index in [1.165, 1.54) is 0 Å². The van der Waals surface area contributed by atoms with E-state index < -0.39 is 11.7 Å². The van der Waals surface area contributed by atoms with Crippen molar-refractivity contribution in [2.75, 3.05) is 11.2 Å². The summed E-state index contributed by atoms with van der Waals surface area (Å²) in [5, 5.41) is 2.94. The molecule has 1 rings (SSSR count). The van der Waals surface area contributed by atoms with Gasteiger partial charge in [0.2, 0.25) is 0 Å². The van der Waals surface area contributed by atoms with Gasteiger partial charge in [-0.05, 0) is 18.9 Å². The molecule has 0 saturated heterocycles. The first-order valence-corrected chi connectivity index (χ1v) is 6.35. The van der Waals surface area contributed by atoms with Crippen molar-refractivity contribution in [3.8, 4) is 0 Å². The van der Waals surface area contributed by atoms with Crippen LogP contribution in [0.1, 0.15) is 25.3 Å². The zero-order valence-corrected chi connectivity index (χ0v) is 11.2. The summed E-state index contributed by atoms with van der Waals surface area (Å²) >= 11 is 11.4. The van der Waals surface area contributed by atoms with E-state index in [4.69, 9.17) is 23.2 Å². The van der Waals surface area contributed by atoms with E-state index in [9.17, 15) is 13.2 Å². The molecule has 7 heteroatoms. The summed E-state index contributed by atoms with van der Waals surface area (Å²) < 4.78 is 37.2. The van der Waals surface area contributed by atoms with Crippen LogP contribution in [0.15, 0.2) is 12.3 Å². The van der Waals surface area contributed by atoms with Crippen molar-refractivity contribution in [3.05, 3.63) is 22.8 Å². The predicted octanol–water partition coefficient (Wildman–Crippen LogP) is 4.57. The highest BCUT2D eigenvalue weighted by Crippen LogP contribution is 2.32. The number of alkyl halides is 4. The highest BCUT2D eigenvalue weighted by atomic mass is 35.5. The Morgan fingerprint density at radius 2 is 2.11 bits per heavy atom. The SMILES string of the molecule is CCC(CCCl)Nc1ncc(C(F)(F)F)cc1Cl. The summed E-state index contributed by atoms with van der Waals surface area (Å²) in [6, 6.07) is 0.911. The highest BCUT2D eigenvalue weighted by Gasteiger charge is 2.31. The maximum Gasteiger partial charge on any atom is 0.417 e. The second-order valence-electron chi connectivity index (χ2n) is 3.78. The third-order valence-corrected chi connectivity index (χ3v) is 2.97. The average Bonchev–Trinajstić information content (AvgIpc) is 2.29. The largest absolute Gasteiger partial charge is 0.417 e. The van der Waals surface area contributed by atoms with Crippen LogP contribution in [0.4, 0.5) is 19.0 Å². The molecule has 0 aromatic carbocycles. The van der Waals surface area contributed by atoms with E-state index in [1.807, 2.05) is 6.92 Å². The van der Waals surface area contributed by atoms with Gasteiger partial charge in [-0.15, -0.1) is 11.6 Å². The number of halogens is 5. The van der Waals surface area contributed by atoms with Crippen LogP contribution in [0.5, 0.6) is 0 Å². The van der Waals surface area contributed by atoms with Gasteiger partial charge in [0.1, 0.15) is 5.82 Å². The fourth-order valence-electron chi connectivity index (χ4n) is 1.40. The standard InChI is InChI=1S/C11H13Cl2F3N2/c1-2-8(3-4-12)18-10-9(13)5-7(6-17-10)11(14,15)16/h5-6,8H,2-4H2,1H3,(H,17,18). The minimum atomic E-state index is -4.44. The summed E-state index contributed by atoms with van der Waals surface area (Å²) in [5.41, 5.74) is -0.858. The molecular weight excluding hydrogens is 288 g/mol. The van der Waals surface area contributed by atoms with Crippen molar-refractivity contribution in [2.24, 2.45) is 0 Å². The summed E-state index contributed by atoms with van der Waals surface area (Å²) in [6.07, 6.45) is -2.19. The van der Waals surface area contributed by atoms with Crippen molar-refractivity contribution >= 4 is 29.0 Å². The second kappa shape index (κ2) is 6.48. The lowest BCUT2D eigenvalue weighted by molar-refractivity contribution is -0.137. The Labute approximate surface area is 113 Å². The molecule has 0 aliphatic carbocycles. The Hall–Kier alpha value is -0.680. The summed E-state index contributed by atoms with van der Waals surface area (Å²) in [4.78, 5) is 3.71. The lowest BCUT2D eigenvalue weighted by Crippen LogP contribution is -2.20.